The lowest BCUT2D eigenvalue weighted by Gasteiger charge is -2.08. The second kappa shape index (κ2) is 7.18. The number of nitrogens with zero attached hydrogens (tertiary/aromatic N) is 2. The number of hydrogen-bond acceptors (Lipinski definition) is 5. The van der Waals surface area contributed by atoms with Crippen molar-refractivity contribution in [3.05, 3.63) is 60.1 Å². The summed E-state index contributed by atoms with van der Waals surface area (Å²) in [6.45, 7) is -0.834. The number of pyridine rings is 1. The number of halogens is 3. The van der Waals surface area contributed by atoms with Gasteiger partial charge < -0.3 is 14.3 Å². The summed E-state index contributed by atoms with van der Waals surface area (Å²) in [6, 6.07) is 10.4. The van der Waals surface area contributed by atoms with Crippen LogP contribution in [0.4, 0.5) is 13.2 Å². The summed E-state index contributed by atoms with van der Waals surface area (Å²) in [5, 5.41) is 6.10. The topological polar surface area (TPSA) is 81.2 Å². The first-order chi connectivity index (χ1) is 13.5. The summed E-state index contributed by atoms with van der Waals surface area (Å²) < 4.78 is 49.8. The Balaban J connectivity index is 1.92. The van der Waals surface area contributed by atoms with Gasteiger partial charge in [0.15, 0.2) is 5.76 Å². The Kier molecular flexibility index (Phi) is 4.56. The number of carbonyl (C=O) groups excluding carboxylic acids is 1. The molecule has 3 heterocycles. The maximum atomic E-state index is 14.3. The van der Waals surface area contributed by atoms with Crippen LogP contribution in [0.5, 0.6) is 0 Å². The van der Waals surface area contributed by atoms with Crippen molar-refractivity contribution in [1.82, 2.24) is 15.5 Å². The average Bonchev–Trinajstić information content (AvgIpc) is 3.35. The van der Waals surface area contributed by atoms with Gasteiger partial charge >= 0.3 is 0 Å². The third-order valence-corrected chi connectivity index (χ3v) is 4.01. The lowest BCUT2D eigenvalue weighted by molar-refractivity contribution is 0.0893. The third-order valence-electron chi connectivity index (χ3n) is 4.01. The Morgan fingerprint density at radius 1 is 1.18 bits per heavy atom. The quantitative estimate of drug-likeness (QED) is 0.553. The van der Waals surface area contributed by atoms with Crippen LogP contribution in [0.25, 0.3) is 33.8 Å². The van der Waals surface area contributed by atoms with E-state index in [1.807, 2.05) is 0 Å². The minimum absolute atomic E-state index is 0.0310. The molecule has 1 amide bonds. The molecule has 0 atom stereocenters. The second-order valence-corrected chi connectivity index (χ2v) is 5.82. The largest absolute Gasteiger partial charge is 0.463 e. The van der Waals surface area contributed by atoms with Crippen molar-refractivity contribution in [2.75, 3.05) is 6.54 Å². The van der Waals surface area contributed by atoms with E-state index in [-0.39, 0.29) is 33.6 Å². The van der Waals surface area contributed by atoms with E-state index in [1.54, 1.807) is 18.2 Å². The Hall–Kier alpha value is -3.62. The maximum Gasteiger partial charge on any atom is 0.259 e. The number of alkyl halides is 2. The number of hydrogen-bond donors (Lipinski definition) is 1. The average molecular weight is 387 g/mol. The van der Waals surface area contributed by atoms with Crippen LogP contribution >= 0.6 is 0 Å². The molecule has 0 unspecified atom stereocenters. The van der Waals surface area contributed by atoms with Gasteiger partial charge in [-0.25, -0.2) is 18.2 Å². The summed E-state index contributed by atoms with van der Waals surface area (Å²) >= 11 is 0. The number of nitrogens with one attached hydrogen (secondary N) is 1. The lowest BCUT2D eigenvalue weighted by Crippen LogP contribution is -2.28. The van der Waals surface area contributed by atoms with Crippen molar-refractivity contribution in [3.8, 4) is 22.7 Å². The SMILES string of the molecule is O=C(NCC(F)F)c1cc(-c2ccco2)nc2onc(-c3ccccc3F)c12. The second-order valence-electron chi connectivity index (χ2n) is 5.82. The summed E-state index contributed by atoms with van der Waals surface area (Å²) in [5.74, 6) is -1.03. The van der Waals surface area contributed by atoms with E-state index < -0.39 is 24.7 Å². The number of furan rings is 1. The molecule has 6 nitrogen and oxygen atoms in total. The summed E-state index contributed by atoms with van der Waals surface area (Å²) in [4.78, 5) is 16.8. The minimum Gasteiger partial charge on any atom is -0.463 e. The van der Waals surface area contributed by atoms with E-state index in [4.69, 9.17) is 8.94 Å². The molecule has 0 aliphatic carbocycles. The molecule has 0 saturated heterocycles. The molecule has 9 heteroatoms. The van der Waals surface area contributed by atoms with Crippen molar-refractivity contribution >= 4 is 17.0 Å². The third kappa shape index (κ3) is 3.22. The molecule has 0 saturated carbocycles. The predicted octanol–water partition coefficient (Wildman–Crippen LogP) is 4.28. The fourth-order valence-electron chi connectivity index (χ4n) is 2.78. The van der Waals surface area contributed by atoms with Gasteiger partial charge in [0.2, 0.25) is 0 Å². The van der Waals surface area contributed by atoms with E-state index in [0.717, 1.165) is 0 Å². The Labute approximate surface area is 156 Å². The first kappa shape index (κ1) is 17.8. The molecule has 1 N–H and O–H groups in total. The fraction of sp³-hybridized carbons (Fsp3) is 0.105. The van der Waals surface area contributed by atoms with Crippen LogP contribution in [0.2, 0.25) is 0 Å². The van der Waals surface area contributed by atoms with Crippen LogP contribution in [0.1, 0.15) is 10.4 Å². The van der Waals surface area contributed by atoms with Gasteiger partial charge in [-0.1, -0.05) is 17.3 Å². The van der Waals surface area contributed by atoms with Crippen LogP contribution in [0.3, 0.4) is 0 Å². The fourth-order valence-corrected chi connectivity index (χ4v) is 2.78. The highest BCUT2D eigenvalue weighted by Crippen LogP contribution is 2.33. The highest BCUT2D eigenvalue weighted by Gasteiger charge is 2.24. The Morgan fingerprint density at radius 2 is 2.00 bits per heavy atom. The van der Waals surface area contributed by atoms with Crippen molar-refractivity contribution < 1.29 is 26.9 Å². The monoisotopic (exact) mass is 387 g/mol. The van der Waals surface area contributed by atoms with Crippen molar-refractivity contribution in [3.63, 3.8) is 0 Å². The van der Waals surface area contributed by atoms with Gasteiger partial charge in [-0.3, -0.25) is 4.79 Å². The Bertz CT molecular complexity index is 1140. The number of rotatable bonds is 5. The zero-order valence-electron chi connectivity index (χ0n) is 14.2. The molecule has 0 aliphatic heterocycles. The summed E-state index contributed by atoms with van der Waals surface area (Å²) in [6.07, 6.45) is -1.30. The molecule has 3 aromatic heterocycles. The summed E-state index contributed by atoms with van der Waals surface area (Å²) in [5.41, 5.74) is 0.312. The van der Waals surface area contributed by atoms with E-state index >= 15 is 0 Å². The van der Waals surface area contributed by atoms with Gasteiger partial charge in [0, 0.05) is 5.56 Å². The highest BCUT2D eigenvalue weighted by atomic mass is 19.3. The first-order valence-corrected chi connectivity index (χ1v) is 8.20. The van der Waals surface area contributed by atoms with Gasteiger partial charge in [0.05, 0.1) is 23.8 Å². The molecule has 28 heavy (non-hydrogen) atoms. The van der Waals surface area contributed by atoms with Gasteiger partial charge in [-0.2, -0.15) is 0 Å². The zero-order valence-corrected chi connectivity index (χ0v) is 14.2. The van der Waals surface area contributed by atoms with E-state index in [0.29, 0.717) is 5.76 Å². The number of carbonyl (C=O) groups is 1. The molecular weight excluding hydrogens is 375 g/mol. The Morgan fingerprint density at radius 3 is 2.71 bits per heavy atom. The van der Waals surface area contributed by atoms with Crippen molar-refractivity contribution in [2.45, 2.75) is 6.43 Å². The number of benzene rings is 1. The molecule has 0 aliphatic rings. The molecule has 0 spiro atoms. The maximum absolute atomic E-state index is 14.3. The normalized spacial score (nSPS) is 11.3. The minimum atomic E-state index is -2.72. The molecule has 0 radical (unpaired) electrons. The van der Waals surface area contributed by atoms with E-state index in [1.165, 1.54) is 30.5 Å². The molecule has 0 fully saturated rings. The predicted molar refractivity (Wildman–Crippen MR) is 93.2 cm³/mol. The number of aromatic nitrogens is 2. The molecular formula is C19H12F3N3O3. The van der Waals surface area contributed by atoms with Crippen LogP contribution < -0.4 is 5.32 Å². The van der Waals surface area contributed by atoms with Crippen LogP contribution in [0.15, 0.2) is 57.7 Å². The van der Waals surface area contributed by atoms with E-state index in [2.05, 4.69) is 15.5 Å². The van der Waals surface area contributed by atoms with Crippen LogP contribution in [0, 0.1) is 5.82 Å². The van der Waals surface area contributed by atoms with Crippen LogP contribution in [-0.2, 0) is 0 Å². The van der Waals surface area contributed by atoms with Crippen molar-refractivity contribution in [2.24, 2.45) is 0 Å². The van der Waals surface area contributed by atoms with Gasteiger partial charge in [0.1, 0.15) is 17.2 Å². The molecule has 4 rings (SSSR count). The van der Waals surface area contributed by atoms with Crippen LogP contribution in [-0.4, -0.2) is 29.0 Å². The first-order valence-electron chi connectivity index (χ1n) is 8.20. The summed E-state index contributed by atoms with van der Waals surface area (Å²) in [7, 11) is 0. The number of amides is 1. The van der Waals surface area contributed by atoms with E-state index in [9.17, 15) is 18.0 Å². The zero-order chi connectivity index (χ0) is 19.7. The molecule has 4 aromatic rings. The number of fused-ring (bicyclic) bond motifs is 1. The standard InChI is InChI=1S/C19H12F3N3O3/c20-12-5-2-1-4-10(12)17-16-11(18(26)23-9-15(21)22)8-13(14-6-3-7-27-14)24-19(16)28-25-17/h1-8,15H,9H2,(H,23,26). The van der Waals surface area contributed by atoms with Gasteiger partial charge in [-0.05, 0) is 30.3 Å². The molecule has 142 valence electrons. The lowest BCUT2D eigenvalue weighted by atomic mass is 10.0. The molecule has 0 bridgehead atoms. The van der Waals surface area contributed by atoms with Gasteiger partial charge in [-0.15, -0.1) is 0 Å². The van der Waals surface area contributed by atoms with Crippen molar-refractivity contribution in [1.29, 1.82) is 0 Å². The molecule has 1 aromatic carbocycles. The van der Waals surface area contributed by atoms with Gasteiger partial charge in [0.25, 0.3) is 18.0 Å². The highest BCUT2D eigenvalue weighted by molar-refractivity contribution is 6.10. The smallest absolute Gasteiger partial charge is 0.259 e.